The van der Waals surface area contributed by atoms with Gasteiger partial charge in [-0.1, -0.05) is 12.1 Å². The highest BCUT2D eigenvalue weighted by atomic mass is 19.4. The van der Waals surface area contributed by atoms with Crippen LogP contribution in [0.2, 0.25) is 0 Å². The zero-order valence-electron chi connectivity index (χ0n) is 13.3. The molecule has 1 aromatic carbocycles. The van der Waals surface area contributed by atoms with Crippen LogP contribution in [0.5, 0.6) is 0 Å². The highest BCUT2D eigenvalue weighted by molar-refractivity contribution is 5.56. The lowest BCUT2D eigenvalue weighted by Crippen LogP contribution is -2.46. The van der Waals surface area contributed by atoms with Crippen LogP contribution in [-0.2, 0) is 16.5 Å². The van der Waals surface area contributed by atoms with E-state index in [2.05, 4.69) is 15.2 Å². The smallest absolute Gasteiger partial charge is 0.365 e. The number of hydrogen-bond donors (Lipinski definition) is 0. The Labute approximate surface area is 137 Å². The first kappa shape index (κ1) is 15.5. The minimum absolute atomic E-state index is 0.0160. The average molecular weight is 335 g/mol. The Morgan fingerprint density at radius 1 is 1.25 bits per heavy atom. The van der Waals surface area contributed by atoms with E-state index < -0.39 is 17.3 Å². The van der Waals surface area contributed by atoms with E-state index in [0.29, 0.717) is 11.3 Å². The van der Waals surface area contributed by atoms with Crippen molar-refractivity contribution in [3.63, 3.8) is 0 Å². The highest BCUT2D eigenvalue weighted by Crippen LogP contribution is 2.50. The highest BCUT2D eigenvalue weighted by Gasteiger charge is 2.49. The van der Waals surface area contributed by atoms with Gasteiger partial charge in [-0.2, -0.15) is 13.2 Å². The molecule has 3 atom stereocenters. The molecule has 2 bridgehead atoms. The molecule has 1 fully saturated rings. The fourth-order valence-corrected chi connectivity index (χ4v) is 3.68. The first-order valence-electron chi connectivity index (χ1n) is 7.88. The van der Waals surface area contributed by atoms with Crippen LogP contribution in [0.1, 0.15) is 49.6 Å². The standard InChI is InChI=1S/C17H16F3N3O/c1-9-12-6-7-16(2,24-9)14-13(12)21-15(23-22-14)10-4-3-5-11(8-10)17(18,19)20/h3-5,8-9,12H,6-7H2,1-2H3. The molecule has 0 saturated carbocycles. The SMILES string of the molecule is CC1OC2(C)CCC1c1nc(-c3cccc(C(F)(F)F)c3)nnc12. The first-order chi connectivity index (χ1) is 11.3. The van der Waals surface area contributed by atoms with Gasteiger partial charge in [-0.25, -0.2) is 4.98 Å². The molecule has 1 aromatic heterocycles. The average Bonchev–Trinajstić information content (AvgIpc) is 2.53. The molecule has 4 nitrogen and oxygen atoms in total. The number of nitrogens with zero attached hydrogens (tertiary/aromatic N) is 3. The Kier molecular flexibility index (Phi) is 3.22. The summed E-state index contributed by atoms with van der Waals surface area (Å²) in [6.45, 7) is 3.97. The molecule has 2 aromatic rings. The van der Waals surface area contributed by atoms with Crippen LogP contribution in [0.15, 0.2) is 24.3 Å². The zero-order valence-corrected chi connectivity index (χ0v) is 13.3. The zero-order chi connectivity index (χ0) is 17.1. The summed E-state index contributed by atoms with van der Waals surface area (Å²) in [5.41, 5.74) is 0.625. The number of aromatic nitrogens is 3. The first-order valence-corrected chi connectivity index (χ1v) is 7.88. The normalized spacial score (nSPS) is 28.7. The fraction of sp³-hybridized carbons (Fsp3) is 0.471. The summed E-state index contributed by atoms with van der Waals surface area (Å²) in [6, 6.07) is 5.03. The number of hydrogen-bond acceptors (Lipinski definition) is 4. The maximum atomic E-state index is 12.9. The molecular formula is C17H16F3N3O. The molecule has 0 radical (unpaired) electrons. The van der Waals surface area contributed by atoms with Gasteiger partial charge in [0, 0.05) is 11.5 Å². The molecule has 0 N–H and O–H groups in total. The van der Waals surface area contributed by atoms with Gasteiger partial charge in [0.2, 0.25) is 0 Å². The third-order valence-corrected chi connectivity index (χ3v) is 4.96. The summed E-state index contributed by atoms with van der Waals surface area (Å²) in [4.78, 5) is 4.56. The van der Waals surface area contributed by atoms with Crippen LogP contribution in [0.3, 0.4) is 0 Å². The second kappa shape index (κ2) is 4.99. The number of alkyl halides is 3. The second-order valence-electron chi connectivity index (χ2n) is 6.65. The molecule has 2 aliphatic heterocycles. The van der Waals surface area contributed by atoms with Crippen molar-refractivity contribution in [2.75, 3.05) is 0 Å². The van der Waals surface area contributed by atoms with Gasteiger partial charge in [0.1, 0.15) is 11.3 Å². The van der Waals surface area contributed by atoms with Crippen molar-refractivity contribution in [1.29, 1.82) is 0 Å². The minimum Gasteiger partial charge on any atom is -0.365 e. The lowest BCUT2D eigenvalue weighted by Gasteiger charge is -2.47. The molecular weight excluding hydrogens is 319 g/mol. The summed E-state index contributed by atoms with van der Waals surface area (Å²) in [7, 11) is 0. The van der Waals surface area contributed by atoms with E-state index in [-0.39, 0.29) is 17.8 Å². The maximum Gasteiger partial charge on any atom is 0.416 e. The van der Waals surface area contributed by atoms with Crippen molar-refractivity contribution < 1.29 is 17.9 Å². The summed E-state index contributed by atoms with van der Waals surface area (Å²) >= 11 is 0. The molecule has 7 heteroatoms. The van der Waals surface area contributed by atoms with Gasteiger partial charge in [0.05, 0.1) is 17.4 Å². The lowest BCUT2D eigenvalue weighted by atomic mass is 9.74. The monoisotopic (exact) mass is 335 g/mol. The van der Waals surface area contributed by atoms with Crippen LogP contribution in [0.4, 0.5) is 13.2 Å². The van der Waals surface area contributed by atoms with Crippen molar-refractivity contribution in [3.05, 3.63) is 41.2 Å². The van der Waals surface area contributed by atoms with Gasteiger partial charge in [0.25, 0.3) is 0 Å². The Bertz CT molecular complexity index is 808. The Hall–Kier alpha value is -2.02. The molecule has 3 aliphatic rings. The molecule has 126 valence electrons. The van der Waals surface area contributed by atoms with Crippen molar-refractivity contribution in [2.45, 2.75) is 50.5 Å². The maximum absolute atomic E-state index is 12.9. The Balaban J connectivity index is 1.80. The van der Waals surface area contributed by atoms with Crippen molar-refractivity contribution >= 4 is 0 Å². The molecule has 24 heavy (non-hydrogen) atoms. The van der Waals surface area contributed by atoms with Gasteiger partial charge in [0.15, 0.2) is 5.82 Å². The predicted molar refractivity (Wildman–Crippen MR) is 80.1 cm³/mol. The largest absolute Gasteiger partial charge is 0.416 e. The fourth-order valence-electron chi connectivity index (χ4n) is 3.68. The number of halogens is 3. The van der Waals surface area contributed by atoms with E-state index in [4.69, 9.17) is 4.74 Å². The van der Waals surface area contributed by atoms with Gasteiger partial charge in [-0.3, -0.25) is 0 Å². The Morgan fingerprint density at radius 3 is 2.75 bits per heavy atom. The van der Waals surface area contributed by atoms with Crippen LogP contribution >= 0.6 is 0 Å². The van der Waals surface area contributed by atoms with Crippen molar-refractivity contribution in [3.8, 4) is 11.4 Å². The molecule has 1 aliphatic carbocycles. The van der Waals surface area contributed by atoms with E-state index in [1.165, 1.54) is 6.07 Å². The third-order valence-electron chi connectivity index (χ3n) is 4.96. The van der Waals surface area contributed by atoms with Crippen LogP contribution in [-0.4, -0.2) is 21.3 Å². The molecule has 0 spiro atoms. The summed E-state index contributed by atoms with van der Waals surface area (Å²) in [5.74, 6) is 0.338. The van der Waals surface area contributed by atoms with Gasteiger partial charge < -0.3 is 4.74 Å². The van der Waals surface area contributed by atoms with Crippen LogP contribution < -0.4 is 0 Å². The number of fused-ring (bicyclic) bond motifs is 2. The number of rotatable bonds is 1. The Morgan fingerprint density at radius 2 is 2.04 bits per heavy atom. The number of ether oxygens (including phenoxy) is 1. The van der Waals surface area contributed by atoms with E-state index in [0.717, 1.165) is 30.7 Å². The second-order valence-corrected chi connectivity index (χ2v) is 6.65. The summed E-state index contributed by atoms with van der Waals surface area (Å²) in [5, 5.41) is 8.32. The van der Waals surface area contributed by atoms with E-state index in [1.54, 1.807) is 6.07 Å². The molecule has 5 rings (SSSR count). The third kappa shape index (κ3) is 2.30. The lowest BCUT2D eigenvalue weighted by molar-refractivity contribution is -0.145. The summed E-state index contributed by atoms with van der Waals surface area (Å²) < 4.78 is 44.7. The van der Waals surface area contributed by atoms with Gasteiger partial charge in [-0.15, -0.1) is 10.2 Å². The van der Waals surface area contributed by atoms with E-state index in [9.17, 15) is 13.2 Å². The van der Waals surface area contributed by atoms with E-state index >= 15 is 0 Å². The molecule has 0 amide bonds. The number of benzene rings is 1. The minimum atomic E-state index is -4.40. The van der Waals surface area contributed by atoms with E-state index in [1.807, 2.05) is 13.8 Å². The van der Waals surface area contributed by atoms with Gasteiger partial charge in [-0.05, 0) is 38.8 Å². The van der Waals surface area contributed by atoms with Crippen LogP contribution in [0.25, 0.3) is 11.4 Å². The molecule has 3 heterocycles. The van der Waals surface area contributed by atoms with Crippen LogP contribution in [0, 0.1) is 0 Å². The molecule has 3 unspecified atom stereocenters. The topological polar surface area (TPSA) is 47.9 Å². The predicted octanol–water partition coefficient (Wildman–Crippen LogP) is 4.07. The van der Waals surface area contributed by atoms with Crippen molar-refractivity contribution in [1.82, 2.24) is 15.2 Å². The molecule has 1 saturated heterocycles. The summed E-state index contributed by atoms with van der Waals surface area (Å²) in [6.07, 6.45) is -2.59. The van der Waals surface area contributed by atoms with Gasteiger partial charge >= 0.3 is 6.18 Å². The van der Waals surface area contributed by atoms with Crippen molar-refractivity contribution in [2.24, 2.45) is 0 Å². The quantitative estimate of drug-likeness (QED) is 0.788.